The topological polar surface area (TPSA) is 67.3 Å². The molecule has 2 saturated heterocycles. The number of piperidine rings is 1. The van der Waals surface area contributed by atoms with Crippen LogP contribution in [0.25, 0.3) is 0 Å². The molecular formula is C20H24N4O2. The predicted octanol–water partition coefficient (Wildman–Crippen LogP) is 2.12. The Kier molecular flexibility index (Phi) is 4.59. The quantitative estimate of drug-likeness (QED) is 0.913. The van der Waals surface area contributed by atoms with Crippen molar-refractivity contribution in [3.63, 3.8) is 0 Å². The molecule has 0 aliphatic carbocycles. The minimum atomic E-state index is -0.177. The molecule has 3 heterocycles. The predicted molar refractivity (Wildman–Crippen MR) is 97.8 cm³/mol. The van der Waals surface area contributed by atoms with Crippen LogP contribution in [0.3, 0.4) is 0 Å². The average Bonchev–Trinajstić information content (AvgIpc) is 3.00. The van der Waals surface area contributed by atoms with E-state index in [1.807, 2.05) is 18.5 Å². The van der Waals surface area contributed by atoms with Crippen LogP contribution in [-0.2, 0) is 11.3 Å². The lowest BCUT2D eigenvalue weighted by molar-refractivity contribution is -0.125. The van der Waals surface area contributed by atoms with E-state index in [-0.39, 0.29) is 11.4 Å². The second kappa shape index (κ2) is 7.03. The number of nitrogens with one attached hydrogen (secondary N) is 1. The molecule has 2 fully saturated rings. The summed E-state index contributed by atoms with van der Waals surface area (Å²) in [5.41, 5.74) is 2.17. The summed E-state index contributed by atoms with van der Waals surface area (Å²) in [6.45, 7) is 2.53. The fraction of sp³-hybridized carbons (Fsp3) is 0.450. The average molecular weight is 352 g/mol. The molecule has 1 spiro atoms. The summed E-state index contributed by atoms with van der Waals surface area (Å²) in [6.07, 6.45) is 6.24. The molecule has 1 aromatic heterocycles. The van der Waals surface area contributed by atoms with Crippen molar-refractivity contribution in [1.29, 1.82) is 0 Å². The van der Waals surface area contributed by atoms with Crippen LogP contribution < -0.4 is 10.1 Å². The molecular weight excluding hydrogens is 328 g/mol. The maximum atomic E-state index is 12.2. The Morgan fingerprint density at radius 3 is 2.73 bits per heavy atom. The molecule has 6 nitrogen and oxygen atoms in total. The number of benzene rings is 1. The number of methoxy groups -OCH3 is 1. The molecule has 0 unspecified atom stereocenters. The van der Waals surface area contributed by atoms with Gasteiger partial charge in [0, 0.05) is 49.9 Å². The zero-order chi connectivity index (χ0) is 18.0. The van der Waals surface area contributed by atoms with Gasteiger partial charge in [0.2, 0.25) is 5.91 Å². The summed E-state index contributed by atoms with van der Waals surface area (Å²) < 4.78 is 5.03. The third-order valence-corrected chi connectivity index (χ3v) is 5.50. The molecule has 2 aliphatic heterocycles. The van der Waals surface area contributed by atoms with E-state index < -0.39 is 0 Å². The Morgan fingerprint density at radius 1 is 1.27 bits per heavy atom. The third kappa shape index (κ3) is 3.29. The van der Waals surface area contributed by atoms with Gasteiger partial charge in [-0.1, -0.05) is 30.3 Å². The lowest BCUT2D eigenvalue weighted by atomic mass is 9.76. The van der Waals surface area contributed by atoms with Crippen molar-refractivity contribution in [3.8, 4) is 6.01 Å². The minimum absolute atomic E-state index is 0.173. The normalized spacial score (nSPS) is 26.0. The van der Waals surface area contributed by atoms with Crippen LogP contribution in [0.4, 0.5) is 0 Å². The Bertz CT molecular complexity index is 765. The minimum Gasteiger partial charge on any atom is -0.467 e. The molecule has 136 valence electrons. The molecule has 6 heteroatoms. The van der Waals surface area contributed by atoms with Crippen LogP contribution in [0.1, 0.15) is 36.3 Å². The molecule has 1 amide bonds. The SMILES string of the molecule is COc1ncc(CN2C[C@@H](c3ccccc3)[C@@]3(CCCC(=O)N3)C2)cn1. The lowest BCUT2D eigenvalue weighted by Crippen LogP contribution is -2.56. The molecule has 0 radical (unpaired) electrons. The van der Waals surface area contributed by atoms with Gasteiger partial charge in [0.05, 0.1) is 12.6 Å². The highest BCUT2D eigenvalue weighted by atomic mass is 16.5. The summed E-state index contributed by atoms with van der Waals surface area (Å²) in [5.74, 6) is 0.471. The van der Waals surface area contributed by atoms with Crippen molar-refractivity contribution in [2.24, 2.45) is 0 Å². The molecule has 0 bridgehead atoms. The number of rotatable bonds is 4. The first-order chi connectivity index (χ1) is 12.7. The molecule has 2 atom stereocenters. The van der Waals surface area contributed by atoms with E-state index in [1.54, 1.807) is 7.11 Å². The number of carbonyl (C=O) groups is 1. The van der Waals surface area contributed by atoms with Gasteiger partial charge >= 0.3 is 6.01 Å². The van der Waals surface area contributed by atoms with Crippen molar-refractivity contribution >= 4 is 5.91 Å². The van der Waals surface area contributed by atoms with Crippen molar-refractivity contribution in [2.75, 3.05) is 20.2 Å². The van der Waals surface area contributed by atoms with Gasteiger partial charge in [-0.05, 0) is 18.4 Å². The smallest absolute Gasteiger partial charge is 0.316 e. The van der Waals surface area contributed by atoms with Crippen molar-refractivity contribution < 1.29 is 9.53 Å². The maximum Gasteiger partial charge on any atom is 0.316 e. The molecule has 2 aliphatic rings. The van der Waals surface area contributed by atoms with Gasteiger partial charge < -0.3 is 10.1 Å². The van der Waals surface area contributed by atoms with E-state index in [9.17, 15) is 4.79 Å². The van der Waals surface area contributed by atoms with Crippen LogP contribution in [0.15, 0.2) is 42.7 Å². The first kappa shape index (κ1) is 17.0. The summed E-state index contributed by atoms with van der Waals surface area (Å²) in [5, 5.41) is 3.34. The molecule has 1 aromatic carbocycles. The van der Waals surface area contributed by atoms with Crippen LogP contribution in [0.2, 0.25) is 0 Å². The number of hydrogen-bond acceptors (Lipinski definition) is 5. The van der Waals surface area contributed by atoms with Gasteiger partial charge in [0.15, 0.2) is 0 Å². The largest absolute Gasteiger partial charge is 0.467 e. The summed E-state index contributed by atoms with van der Waals surface area (Å²) in [7, 11) is 1.56. The summed E-state index contributed by atoms with van der Waals surface area (Å²) in [4.78, 5) is 23.0. The molecule has 0 saturated carbocycles. The van der Waals surface area contributed by atoms with Gasteiger partial charge in [-0.3, -0.25) is 9.69 Å². The maximum absolute atomic E-state index is 12.2. The Balaban J connectivity index is 1.57. The van der Waals surface area contributed by atoms with Crippen molar-refractivity contribution in [2.45, 2.75) is 37.3 Å². The first-order valence-electron chi connectivity index (χ1n) is 9.12. The molecule has 1 N–H and O–H groups in total. The Morgan fingerprint density at radius 2 is 2.04 bits per heavy atom. The van der Waals surface area contributed by atoms with E-state index in [0.717, 1.165) is 38.0 Å². The highest BCUT2D eigenvalue weighted by molar-refractivity contribution is 5.78. The van der Waals surface area contributed by atoms with Gasteiger partial charge in [-0.15, -0.1) is 0 Å². The zero-order valence-electron chi connectivity index (χ0n) is 15.0. The number of carbonyl (C=O) groups excluding carboxylic acids is 1. The number of likely N-dealkylation sites (tertiary alicyclic amines) is 1. The van der Waals surface area contributed by atoms with E-state index in [2.05, 4.69) is 44.5 Å². The summed E-state index contributed by atoms with van der Waals surface area (Å²) in [6, 6.07) is 10.9. The van der Waals surface area contributed by atoms with E-state index in [1.165, 1.54) is 5.56 Å². The second-order valence-electron chi connectivity index (χ2n) is 7.27. The standard InChI is InChI=1S/C20H24N4O2/c1-26-19-21-10-15(11-22-19)12-24-13-17(16-6-3-2-4-7-16)20(14-24)9-5-8-18(25)23-20/h2-4,6-7,10-11,17H,5,8-9,12-14H2,1H3,(H,23,25)/t17-,20+/m0/s1. The fourth-order valence-corrected chi connectivity index (χ4v) is 4.37. The number of hydrogen-bond donors (Lipinski definition) is 1. The van der Waals surface area contributed by atoms with Crippen LogP contribution in [-0.4, -0.2) is 46.5 Å². The van der Waals surface area contributed by atoms with Gasteiger partial charge in [-0.25, -0.2) is 9.97 Å². The highest BCUT2D eigenvalue weighted by Crippen LogP contribution is 2.41. The zero-order valence-corrected chi connectivity index (χ0v) is 15.0. The van der Waals surface area contributed by atoms with E-state index in [0.29, 0.717) is 18.3 Å². The van der Waals surface area contributed by atoms with Gasteiger partial charge in [-0.2, -0.15) is 0 Å². The number of aromatic nitrogens is 2. The van der Waals surface area contributed by atoms with Gasteiger partial charge in [0.25, 0.3) is 0 Å². The number of amides is 1. The lowest BCUT2D eigenvalue weighted by Gasteiger charge is -2.39. The Hall–Kier alpha value is -2.47. The molecule has 2 aromatic rings. The number of nitrogens with zero attached hydrogens (tertiary/aromatic N) is 3. The van der Waals surface area contributed by atoms with Gasteiger partial charge in [0.1, 0.15) is 0 Å². The fourth-order valence-electron chi connectivity index (χ4n) is 4.37. The van der Waals surface area contributed by atoms with E-state index >= 15 is 0 Å². The second-order valence-corrected chi connectivity index (χ2v) is 7.27. The monoisotopic (exact) mass is 352 g/mol. The van der Waals surface area contributed by atoms with E-state index in [4.69, 9.17) is 4.74 Å². The van der Waals surface area contributed by atoms with Crippen LogP contribution >= 0.6 is 0 Å². The molecule has 26 heavy (non-hydrogen) atoms. The van der Waals surface area contributed by atoms with Crippen molar-refractivity contribution in [3.05, 3.63) is 53.9 Å². The van der Waals surface area contributed by atoms with Crippen LogP contribution in [0, 0.1) is 0 Å². The third-order valence-electron chi connectivity index (χ3n) is 5.50. The first-order valence-corrected chi connectivity index (χ1v) is 9.12. The van der Waals surface area contributed by atoms with Crippen LogP contribution in [0.5, 0.6) is 6.01 Å². The summed E-state index contributed by atoms with van der Waals surface area (Å²) >= 11 is 0. The molecule has 4 rings (SSSR count). The Labute approximate surface area is 153 Å². The highest BCUT2D eigenvalue weighted by Gasteiger charge is 2.49. The van der Waals surface area contributed by atoms with Crippen molar-refractivity contribution in [1.82, 2.24) is 20.2 Å². The number of ether oxygens (including phenoxy) is 1.